The van der Waals surface area contributed by atoms with E-state index in [1.54, 1.807) is 6.92 Å². The summed E-state index contributed by atoms with van der Waals surface area (Å²) in [6, 6.07) is 0.488. The van der Waals surface area contributed by atoms with Gasteiger partial charge in [-0.15, -0.1) is 0 Å². The van der Waals surface area contributed by atoms with Crippen LogP contribution in [0.1, 0.15) is 40.0 Å². The molecular weight excluding hydrogens is 138 g/mol. The smallest absolute Gasteiger partial charge is 0.131 e. The number of hydrogen-bond donors (Lipinski definition) is 1. The van der Waals surface area contributed by atoms with E-state index in [9.17, 15) is 4.79 Å². The molecule has 1 aliphatic rings. The highest BCUT2D eigenvalue weighted by Gasteiger charge is 2.14. The van der Waals surface area contributed by atoms with Crippen LogP contribution in [0.15, 0.2) is 0 Å². The number of hydrogen-bond acceptors (Lipinski definition) is 2. The molecule has 1 aliphatic heterocycles. The summed E-state index contributed by atoms with van der Waals surface area (Å²) in [5.74, 6) is 0.300. The van der Waals surface area contributed by atoms with Gasteiger partial charge in [-0.25, -0.2) is 0 Å². The zero-order chi connectivity index (χ0) is 8.69. The van der Waals surface area contributed by atoms with Crippen molar-refractivity contribution in [2.24, 2.45) is 0 Å². The van der Waals surface area contributed by atoms with Crippen LogP contribution >= 0.6 is 0 Å². The Kier molecular flexibility index (Phi) is 6.13. The van der Waals surface area contributed by atoms with Gasteiger partial charge in [-0.05, 0) is 26.3 Å². The summed E-state index contributed by atoms with van der Waals surface area (Å²) in [5.41, 5.74) is 0. The minimum atomic E-state index is 0.300. The summed E-state index contributed by atoms with van der Waals surface area (Å²) in [4.78, 5) is 10.6. The Bertz CT molecular complexity index is 106. The van der Waals surface area contributed by atoms with Crippen LogP contribution in [-0.2, 0) is 4.79 Å². The molecule has 0 radical (unpaired) electrons. The summed E-state index contributed by atoms with van der Waals surface area (Å²) < 4.78 is 0. The van der Waals surface area contributed by atoms with Gasteiger partial charge in [0.1, 0.15) is 5.78 Å². The molecule has 1 atom stereocenters. The molecule has 1 N–H and O–H groups in total. The molecule has 0 aromatic heterocycles. The van der Waals surface area contributed by atoms with Crippen molar-refractivity contribution in [3.63, 3.8) is 0 Å². The monoisotopic (exact) mass is 157 g/mol. The highest BCUT2D eigenvalue weighted by molar-refractivity contribution is 5.76. The molecule has 11 heavy (non-hydrogen) atoms. The van der Waals surface area contributed by atoms with E-state index >= 15 is 0 Å². The van der Waals surface area contributed by atoms with Crippen LogP contribution in [0.5, 0.6) is 0 Å². The Morgan fingerprint density at radius 2 is 2.18 bits per heavy atom. The van der Waals surface area contributed by atoms with Gasteiger partial charge in [-0.1, -0.05) is 13.8 Å². The second-order valence-corrected chi connectivity index (χ2v) is 2.70. The number of ketones is 1. The lowest BCUT2D eigenvalue weighted by atomic mass is 10.1. The molecule has 1 fully saturated rings. The standard InChI is InChI=1S/C7H13NO.C2H6/c1-6(9)5-7-3-2-4-8-7;1-2/h7-8H,2-5H2,1H3;1-2H3. The maximum absolute atomic E-state index is 10.6. The summed E-state index contributed by atoms with van der Waals surface area (Å²) in [6.07, 6.45) is 3.14. The molecule has 0 saturated carbocycles. The Morgan fingerprint density at radius 1 is 1.55 bits per heavy atom. The Hall–Kier alpha value is -0.370. The lowest BCUT2D eigenvalue weighted by Crippen LogP contribution is -2.23. The first-order chi connectivity index (χ1) is 5.29. The molecule has 1 heterocycles. The number of carbonyl (C=O) groups excluding carboxylic acids is 1. The van der Waals surface area contributed by atoms with Gasteiger partial charge in [0.15, 0.2) is 0 Å². The highest BCUT2D eigenvalue weighted by atomic mass is 16.1. The van der Waals surface area contributed by atoms with Gasteiger partial charge in [0.05, 0.1) is 0 Å². The maximum atomic E-state index is 10.6. The summed E-state index contributed by atoms with van der Waals surface area (Å²) in [5, 5.41) is 3.27. The summed E-state index contributed by atoms with van der Waals surface area (Å²) in [7, 11) is 0. The Balaban J connectivity index is 0.000000461. The molecule has 0 aromatic rings. The lowest BCUT2D eigenvalue weighted by Gasteiger charge is -2.04. The molecule has 1 unspecified atom stereocenters. The molecule has 0 bridgehead atoms. The zero-order valence-electron chi connectivity index (χ0n) is 7.81. The van der Waals surface area contributed by atoms with E-state index in [-0.39, 0.29) is 0 Å². The number of Topliss-reactive ketones (excluding diaryl/α,β-unsaturated/α-hetero) is 1. The van der Waals surface area contributed by atoms with Crippen LogP contribution < -0.4 is 5.32 Å². The van der Waals surface area contributed by atoms with Gasteiger partial charge in [0.2, 0.25) is 0 Å². The zero-order valence-corrected chi connectivity index (χ0v) is 7.81. The van der Waals surface area contributed by atoms with Gasteiger partial charge in [0.25, 0.3) is 0 Å². The van der Waals surface area contributed by atoms with Crippen LogP contribution in [0.25, 0.3) is 0 Å². The minimum absolute atomic E-state index is 0.300. The fourth-order valence-electron chi connectivity index (χ4n) is 1.28. The lowest BCUT2D eigenvalue weighted by molar-refractivity contribution is -0.117. The van der Waals surface area contributed by atoms with Crippen LogP contribution in [-0.4, -0.2) is 18.4 Å². The molecule has 2 nitrogen and oxygen atoms in total. The molecule has 0 spiro atoms. The van der Waals surface area contributed by atoms with Crippen LogP contribution in [0, 0.1) is 0 Å². The minimum Gasteiger partial charge on any atom is -0.314 e. The first-order valence-electron chi connectivity index (χ1n) is 4.52. The van der Waals surface area contributed by atoms with E-state index in [1.165, 1.54) is 12.8 Å². The SMILES string of the molecule is CC.CC(=O)CC1CCCN1. The third kappa shape index (κ3) is 4.96. The maximum Gasteiger partial charge on any atom is 0.131 e. The van der Waals surface area contributed by atoms with Crippen molar-refractivity contribution in [3.05, 3.63) is 0 Å². The van der Waals surface area contributed by atoms with Gasteiger partial charge in [-0.3, -0.25) is 4.79 Å². The molecule has 1 saturated heterocycles. The normalized spacial score (nSPS) is 22.3. The fraction of sp³-hybridized carbons (Fsp3) is 0.889. The van der Waals surface area contributed by atoms with E-state index in [1.807, 2.05) is 13.8 Å². The third-order valence-corrected chi connectivity index (χ3v) is 1.70. The van der Waals surface area contributed by atoms with Gasteiger partial charge in [0, 0.05) is 12.5 Å². The largest absolute Gasteiger partial charge is 0.314 e. The first-order valence-corrected chi connectivity index (χ1v) is 4.52. The Labute approximate surface area is 69.4 Å². The number of carbonyl (C=O) groups is 1. The van der Waals surface area contributed by atoms with Crippen molar-refractivity contribution in [1.29, 1.82) is 0 Å². The topological polar surface area (TPSA) is 29.1 Å². The van der Waals surface area contributed by atoms with Crippen LogP contribution in [0.4, 0.5) is 0 Å². The number of nitrogens with one attached hydrogen (secondary N) is 1. The second kappa shape index (κ2) is 6.35. The summed E-state index contributed by atoms with van der Waals surface area (Å²) >= 11 is 0. The fourth-order valence-corrected chi connectivity index (χ4v) is 1.28. The van der Waals surface area contributed by atoms with Crippen molar-refractivity contribution in [2.75, 3.05) is 6.54 Å². The van der Waals surface area contributed by atoms with Crippen LogP contribution in [0.3, 0.4) is 0 Å². The van der Waals surface area contributed by atoms with Gasteiger partial charge >= 0.3 is 0 Å². The molecule has 0 amide bonds. The van der Waals surface area contributed by atoms with E-state index in [0.29, 0.717) is 11.8 Å². The van der Waals surface area contributed by atoms with Gasteiger partial charge < -0.3 is 5.32 Å². The predicted molar refractivity (Wildman–Crippen MR) is 47.7 cm³/mol. The van der Waals surface area contributed by atoms with E-state index < -0.39 is 0 Å². The highest BCUT2D eigenvalue weighted by Crippen LogP contribution is 2.08. The van der Waals surface area contributed by atoms with Crippen molar-refractivity contribution in [1.82, 2.24) is 5.32 Å². The van der Waals surface area contributed by atoms with E-state index in [4.69, 9.17) is 0 Å². The van der Waals surface area contributed by atoms with E-state index in [0.717, 1.165) is 13.0 Å². The first kappa shape index (κ1) is 10.6. The number of rotatable bonds is 2. The molecule has 1 rings (SSSR count). The van der Waals surface area contributed by atoms with E-state index in [2.05, 4.69) is 5.32 Å². The average Bonchev–Trinajstić information content (AvgIpc) is 2.43. The van der Waals surface area contributed by atoms with Gasteiger partial charge in [-0.2, -0.15) is 0 Å². The molecular formula is C9H19NO. The van der Waals surface area contributed by atoms with Crippen molar-refractivity contribution >= 4 is 5.78 Å². The third-order valence-electron chi connectivity index (χ3n) is 1.70. The average molecular weight is 157 g/mol. The molecule has 2 heteroatoms. The van der Waals surface area contributed by atoms with Crippen molar-refractivity contribution in [2.45, 2.75) is 46.1 Å². The summed E-state index contributed by atoms with van der Waals surface area (Å²) in [6.45, 7) is 6.75. The molecule has 0 aromatic carbocycles. The predicted octanol–water partition coefficient (Wildman–Crippen LogP) is 1.74. The molecule has 0 aliphatic carbocycles. The quantitative estimate of drug-likeness (QED) is 0.661. The van der Waals surface area contributed by atoms with Crippen molar-refractivity contribution < 1.29 is 4.79 Å². The molecule has 66 valence electrons. The Morgan fingerprint density at radius 3 is 2.55 bits per heavy atom. The second-order valence-electron chi connectivity index (χ2n) is 2.70. The van der Waals surface area contributed by atoms with Crippen molar-refractivity contribution in [3.8, 4) is 0 Å². The van der Waals surface area contributed by atoms with Crippen LogP contribution in [0.2, 0.25) is 0 Å².